The average molecular weight is 381 g/mol. The number of nitrogens with one attached hydrogen (secondary N) is 1. The van der Waals surface area contributed by atoms with E-state index in [0.717, 1.165) is 51.6 Å². The van der Waals surface area contributed by atoms with Gasteiger partial charge in [-0.15, -0.1) is 0 Å². The minimum Gasteiger partial charge on any atom is -0.465 e. The molecule has 0 aromatic rings. The molecule has 1 spiro atoms. The van der Waals surface area contributed by atoms with Crippen LogP contribution in [0.5, 0.6) is 0 Å². The first-order valence-electron chi connectivity index (χ1n) is 12.1. The van der Waals surface area contributed by atoms with Crippen molar-refractivity contribution in [1.82, 2.24) is 15.1 Å². The number of likely N-dealkylation sites (tertiary alicyclic amines) is 2. The highest BCUT2D eigenvalue weighted by atomic mass is 16.4. The summed E-state index contributed by atoms with van der Waals surface area (Å²) in [6.45, 7) is 3.09. The predicted molar refractivity (Wildman–Crippen MR) is 104 cm³/mol. The first-order chi connectivity index (χ1) is 14.1. The van der Waals surface area contributed by atoms with E-state index in [1.54, 1.807) is 4.90 Å². The molecule has 2 heterocycles. The largest absolute Gasteiger partial charge is 0.465 e. The van der Waals surface area contributed by atoms with E-state index in [9.17, 15) is 14.7 Å². The van der Waals surface area contributed by atoms with Crippen molar-refractivity contribution in [2.75, 3.05) is 26.2 Å². The Kier molecular flexibility index (Phi) is 4.01. The van der Waals surface area contributed by atoms with Gasteiger partial charge in [0.1, 0.15) is 0 Å². The maximum atomic E-state index is 12.8. The summed E-state index contributed by atoms with van der Waals surface area (Å²) >= 11 is 0. The summed E-state index contributed by atoms with van der Waals surface area (Å²) in [6.07, 6.45) is 5.75. The van der Waals surface area contributed by atoms with Crippen molar-refractivity contribution in [3.63, 3.8) is 0 Å². The maximum Gasteiger partial charge on any atom is 0.407 e. The molecule has 2 saturated heterocycles. The molecule has 0 bridgehead atoms. The zero-order valence-corrected chi connectivity index (χ0v) is 16.4. The van der Waals surface area contributed by atoms with Crippen LogP contribution in [-0.2, 0) is 4.79 Å². The second-order valence-corrected chi connectivity index (χ2v) is 9.34. The first-order valence-corrected chi connectivity index (χ1v) is 10.6. The van der Waals surface area contributed by atoms with Gasteiger partial charge in [0.15, 0.2) is 0 Å². The lowest BCUT2D eigenvalue weighted by atomic mass is 9.54. The SMILES string of the molecule is [2H]C([2H])([2H])C1(NC(=O)C2CCN([C@H]3C[C@]4(CCN(C(=O)O)C4)C3CC)CC2)CCC1. The molecule has 2 N–H and O–H groups in total. The van der Waals surface area contributed by atoms with Gasteiger partial charge in [-0.2, -0.15) is 0 Å². The third-order valence-electron chi connectivity index (χ3n) is 7.90. The number of amides is 2. The fourth-order valence-corrected chi connectivity index (χ4v) is 6.06. The van der Waals surface area contributed by atoms with E-state index >= 15 is 0 Å². The van der Waals surface area contributed by atoms with Crippen LogP contribution in [0.1, 0.15) is 69.3 Å². The standard InChI is InChI=1S/C21H35N3O3/c1-3-16-17(13-21(16)9-12-24(14-21)19(26)27)23-10-5-15(6-11-23)18(25)22-20(2)7-4-8-20/h15-17H,3-14H2,1-2H3,(H,22,25)(H,26,27)/t16?,17-,21-/m0/s1/i2D3. The number of carboxylic acid groups (broad SMARTS) is 1. The van der Waals surface area contributed by atoms with Gasteiger partial charge in [-0.25, -0.2) is 4.79 Å². The predicted octanol–water partition coefficient (Wildman–Crippen LogP) is 2.93. The summed E-state index contributed by atoms with van der Waals surface area (Å²) in [6, 6.07) is 0.480. The molecule has 4 fully saturated rings. The van der Waals surface area contributed by atoms with Gasteiger partial charge < -0.3 is 20.2 Å². The van der Waals surface area contributed by atoms with Crippen molar-refractivity contribution in [3.05, 3.63) is 0 Å². The molecular weight excluding hydrogens is 342 g/mol. The molecule has 2 aliphatic heterocycles. The molecule has 27 heavy (non-hydrogen) atoms. The fraction of sp³-hybridized carbons (Fsp3) is 0.905. The summed E-state index contributed by atoms with van der Waals surface area (Å²) in [4.78, 5) is 28.2. The maximum absolute atomic E-state index is 12.8. The van der Waals surface area contributed by atoms with E-state index in [-0.39, 0.29) is 17.2 Å². The number of hydrogen-bond acceptors (Lipinski definition) is 3. The number of nitrogens with zero attached hydrogens (tertiary/aromatic N) is 2. The Hall–Kier alpha value is -1.30. The molecule has 0 aromatic heterocycles. The van der Waals surface area contributed by atoms with Gasteiger partial charge in [-0.05, 0) is 76.2 Å². The third-order valence-corrected chi connectivity index (χ3v) is 7.90. The van der Waals surface area contributed by atoms with E-state index < -0.39 is 18.5 Å². The summed E-state index contributed by atoms with van der Waals surface area (Å²) in [5.41, 5.74) is -0.865. The van der Waals surface area contributed by atoms with Gasteiger partial charge in [0.25, 0.3) is 0 Å². The summed E-state index contributed by atoms with van der Waals surface area (Å²) in [5.74, 6) is 0.320. The fourth-order valence-electron chi connectivity index (χ4n) is 6.06. The van der Waals surface area contributed by atoms with Gasteiger partial charge in [0.2, 0.25) is 5.91 Å². The van der Waals surface area contributed by atoms with Crippen LogP contribution >= 0.6 is 0 Å². The monoisotopic (exact) mass is 380 g/mol. The molecule has 2 aliphatic carbocycles. The summed E-state index contributed by atoms with van der Waals surface area (Å²) in [7, 11) is 0. The average Bonchev–Trinajstić information content (AvgIpc) is 3.10. The first kappa shape index (κ1) is 15.6. The smallest absolute Gasteiger partial charge is 0.407 e. The highest BCUT2D eigenvalue weighted by molar-refractivity contribution is 5.79. The van der Waals surface area contributed by atoms with Crippen LogP contribution in [0.15, 0.2) is 0 Å². The Morgan fingerprint density at radius 2 is 1.96 bits per heavy atom. The van der Waals surface area contributed by atoms with E-state index in [1.807, 2.05) is 0 Å². The summed E-state index contributed by atoms with van der Waals surface area (Å²) in [5, 5.41) is 12.2. The molecule has 2 amide bonds. The van der Waals surface area contributed by atoms with Crippen molar-refractivity contribution >= 4 is 12.0 Å². The second-order valence-electron chi connectivity index (χ2n) is 9.34. The van der Waals surface area contributed by atoms with Crippen LogP contribution in [0.2, 0.25) is 0 Å². The van der Waals surface area contributed by atoms with Crippen molar-refractivity contribution in [2.24, 2.45) is 17.3 Å². The van der Waals surface area contributed by atoms with Crippen LogP contribution < -0.4 is 5.32 Å². The van der Waals surface area contributed by atoms with Crippen molar-refractivity contribution < 1.29 is 18.8 Å². The van der Waals surface area contributed by atoms with E-state index in [0.29, 0.717) is 37.9 Å². The molecule has 0 radical (unpaired) electrons. The van der Waals surface area contributed by atoms with Gasteiger partial charge in [0, 0.05) is 34.7 Å². The highest BCUT2D eigenvalue weighted by Crippen LogP contribution is 2.56. The van der Waals surface area contributed by atoms with E-state index in [2.05, 4.69) is 17.1 Å². The molecule has 6 heteroatoms. The molecule has 152 valence electrons. The Morgan fingerprint density at radius 1 is 1.22 bits per heavy atom. The van der Waals surface area contributed by atoms with E-state index in [4.69, 9.17) is 4.11 Å². The van der Waals surface area contributed by atoms with Gasteiger partial charge >= 0.3 is 6.09 Å². The molecule has 0 aromatic carbocycles. The van der Waals surface area contributed by atoms with Crippen LogP contribution in [0.4, 0.5) is 4.79 Å². The number of piperidine rings is 1. The molecule has 2 saturated carbocycles. The molecule has 3 atom stereocenters. The van der Waals surface area contributed by atoms with Crippen LogP contribution in [-0.4, -0.2) is 64.7 Å². The lowest BCUT2D eigenvalue weighted by Crippen LogP contribution is -2.62. The van der Waals surface area contributed by atoms with Crippen LogP contribution in [0.3, 0.4) is 0 Å². The molecule has 4 rings (SSSR count). The van der Waals surface area contributed by atoms with E-state index in [1.165, 1.54) is 0 Å². The normalized spacial score (nSPS) is 38.4. The lowest BCUT2D eigenvalue weighted by molar-refractivity contribution is -0.131. The van der Waals surface area contributed by atoms with Gasteiger partial charge in [-0.1, -0.05) is 13.3 Å². The van der Waals surface area contributed by atoms with Crippen molar-refractivity contribution in [1.29, 1.82) is 0 Å². The van der Waals surface area contributed by atoms with Gasteiger partial charge in [0.05, 0.1) is 0 Å². The quantitative estimate of drug-likeness (QED) is 0.786. The summed E-state index contributed by atoms with van der Waals surface area (Å²) < 4.78 is 23.4. The van der Waals surface area contributed by atoms with Crippen LogP contribution in [0, 0.1) is 17.3 Å². The van der Waals surface area contributed by atoms with Crippen LogP contribution in [0.25, 0.3) is 0 Å². The minimum absolute atomic E-state index is 0.0875. The second kappa shape index (κ2) is 6.94. The Bertz CT molecular complexity index is 689. The Labute approximate surface area is 166 Å². The number of hydrogen-bond donors (Lipinski definition) is 2. The molecule has 6 nitrogen and oxygen atoms in total. The third kappa shape index (κ3) is 3.34. The highest BCUT2D eigenvalue weighted by Gasteiger charge is 2.58. The molecule has 4 aliphatic rings. The Balaban J connectivity index is 1.30. The zero-order valence-electron chi connectivity index (χ0n) is 19.4. The number of carbonyl (C=O) groups excluding carboxylic acids is 1. The van der Waals surface area contributed by atoms with Crippen molar-refractivity contribution in [3.8, 4) is 0 Å². The topological polar surface area (TPSA) is 72.9 Å². The zero-order chi connectivity index (χ0) is 21.7. The lowest BCUT2D eigenvalue weighted by Gasteiger charge is -2.58. The minimum atomic E-state index is -2.14. The number of carbonyl (C=O) groups is 2. The number of rotatable bonds is 4. The van der Waals surface area contributed by atoms with Gasteiger partial charge in [-0.3, -0.25) is 4.79 Å². The van der Waals surface area contributed by atoms with Crippen molar-refractivity contribution in [2.45, 2.75) is 76.7 Å². The Morgan fingerprint density at radius 3 is 2.48 bits per heavy atom. The molecule has 1 unspecified atom stereocenters. The molecular formula is C21H35N3O3.